The zero-order valence-electron chi connectivity index (χ0n) is 15.7. The largest absolute Gasteiger partial charge is 0.375 e. The molecular weight excluding hydrogens is 330 g/mol. The molecule has 1 heterocycles. The maximum absolute atomic E-state index is 6.29. The van der Waals surface area contributed by atoms with Crippen LogP contribution in [0.1, 0.15) is 22.6 Å². The van der Waals surface area contributed by atoms with Crippen LogP contribution in [-0.2, 0) is 17.7 Å². The van der Waals surface area contributed by atoms with Gasteiger partial charge in [-0.2, -0.15) is 0 Å². The van der Waals surface area contributed by atoms with Crippen molar-refractivity contribution in [2.45, 2.75) is 25.0 Å². The van der Waals surface area contributed by atoms with Crippen LogP contribution in [0.3, 0.4) is 0 Å². The summed E-state index contributed by atoms with van der Waals surface area (Å²) >= 11 is 0. The smallest absolute Gasteiger partial charge is 0.0774 e. The SMILES string of the molecule is c1ccc(CC(c2ccccc2)C2CN(Cc3ccccc3)CCO2)cc1. The molecule has 3 aromatic carbocycles. The molecule has 0 radical (unpaired) electrons. The first kappa shape index (κ1) is 18.0. The molecule has 0 saturated carbocycles. The Morgan fingerprint density at radius 1 is 0.778 bits per heavy atom. The van der Waals surface area contributed by atoms with Crippen LogP contribution in [0.5, 0.6) is 0 Å². The molecule has 0 amide bonds. The molecule has 138 valence electrons. The zero-order valence-corrected chi connectivity index (χ0v) is 15.7. The minimum Gasteiger partial charge on any atom is -0.375 e. The van der Waals surface area contributed by atoms with Crippen molar-refractivity contribution in [3.05, 3.63) is 108 Å². The van der Waals surface area contributed by atoms with Gasteiger partial charge in [0.25, 0.3) is 0 Å². The summed E-state index contributed by atoms with van der Waals surface area (Å²) in [7, 11) is 0. The molecule has 1 saturated heterocycles. The summed E-state index contributed by atoms with van der Waals surface area (Å²) in [5.74, 6) is 0.368. The second-order valence-electron chi connectivity index (χ2n) is 7.34. The minimum absolute atomic E-state index is 0.213. The maximum Gasteiger partial charge on any atom is 0.0774 e. The minimum atomic E-state index is 0.213. The van der Waals surface area contributed by atoms with Crippen molar-refractivity contribution >= 4 is 0 Å². The van der Waals surface area contributed by atoms with Crippen molar-refractivity contribution in [3.63, 3.8) is 0 Å². The predicted molar refractivity (Wildman–Crippen MR) is 111 cm³/mol. The van der Waals surface area contributed by atoms with Gasteiger partial charge in [0.15, 0.2) is 0 Å². The Hall–Kier alpha value is -2.42. The first-order valence-electron chi connectivity index (χ1n) is 9.85. The summed E-state index contributed by atoms with van der Waals surface area (Å²) in [5.41, 5.74) is 4.11. The lowest BCUT2D eigenvalue weighted by atomic mass is 9.86. The molecular formula is C25H27NO. The van der Waals surface area contributed by atoms with Gasteiger partial charge in [-0.05, 0) is 23.1 Å². The highest BCUT2D eigenvalue weighted by Gasteiger charge is 2.29. The molecule has 2 heteroatoms. The number of ether oxygens (including phenoxy) is 1. The lowest BCUT2D eigenvalue weighted by Crippen LogP contribution is -2.45. The van der Waals surface area contributed by atoms with Gasteiger partial charge < -0.3 is 4.74 Å². The number of nitrogens with zero attached hydrogens (tertiary/aromatic N) is 1. The Morgan fingerprint density at radius 3 is 2.04 bits per heavy atom. The number of hydrogen-bond acceptors (Lipinski definition) is 2. The highest BCUT2D eigenvalue weighted by molar-refractivity contribution is 5.26. The van der Waals surface area contributed by atoms with Crippen molar-refractivity contribution in [1.82, 2.24) is 4.90 Å². The van der Waals surface area contributed by atoms with Crippen molar-refractivity contribution in [2.24, 2.45) is 0 Å². The molecule has 0 spiro atoms. The highest BCUT2D eigenvalue weighted by atomic mass is 16.5. The summed E-state index contributed by atoms with van der Waals surface area (Å²) in [4.78, 5) is 2.53. The van der Waals surface area contributed by atoms with Gasteiger partial charge in [-0.25, -0.2) is 0 Å². The summed E-state index contributed by atoms with van der Waals surface area (Å²) < 4.78 is 6.29. The molecule has 2 atom stereocenters. The Balaban J connectivity index is 1.52. The van der Waals surface area contributed by atoms with Gasteiger partial charge >= 0.3 is 0 Å². The fourth-order valence-corrected chi connectivity index (χ4v) is 3.99. The van der Waals surface area contributed by atoms with Crippen LogP contribution in [0.25, 0.3) is 0 Å². The summed E-state index contributed by atoms with van der Waals surface area (Å²) in [6.07, 6.45) is 1.22. The van der Waals surface area contributed by atoms with Crippen LogP contribution in [0.2, 0.25) is 0 Å². The van der Waals surface area contributed by atoms with E-state index in [-0.39, 0.29) is 6.10 Å². The molecule has 2 unspecified atom stereocenters. The normalized spacial score (nSPS) is 18.9. The van der Waals surface area contributed by atoms with Gasteiger partial charge in [-0.1, -0.05) is 91.0 Å². The average Bonchev–Trinajstić information content (AvgIpc) is 2.74. The van der Waals surface area contributed by atoms with E-state index >= 15 is 0 Å². The molecule has 2 nitrogen and oxygen atoms in total. The molecule has 0 aromatic heterocycles. The molecule has 0 aliphatic carbocycles. The summed E-state index contributed by atoms with van der Waals surface area (Å²) in [5, 5.41) is 0. The van der Waals surface area contributed by atoms with Crippen LogP contribution in [-0.4, -0.2) is 30.7 Å². The van der Waals surface area contributed by atoms with Crippen LogP contribution in [0.4, 0.5) is 0 Å². The second-order valence-corrected chi connectivity index (χ2v) is 7.34. The van der Waals surface area contributed by atoms with E-state index < -0.39 is 0 Å². The number of benzene rings is 3. The molecule has 1 aliphatic heterocycles. The van der Waals surface area contributed by atoms with Crippen LogP contribution in [0, 0.1) is 0 Å². The lowest BCUT2D eigenvalue weighted by Gasteiger charge is -2.37. The topological polar surface area (TPSA) is 12.5 Å². The van der Waals surface area contributed by atoms with Crippen LogP contribution >= 0.6 is 0 Å². The molecule has 27 heavy (non-hydrogen) atoms. The van der Waals surface area contributed by atoms with E-state index in [2.05, 4.69) is 95.9 Å². The van der Waals surface area contributed by atoms with E-state index in [0.29, 0.717) is 5.92 Å². The summed E-state index contributed by atoms with van der Waals surface area (Å²) in [6.45, 7) is 3.77. The standard InChI is InChI=1S/C25H27NO/c1-4-10-21(11-5-1)18-24(23-14-8-3-9-15-23)25-20-26(16-17-27-25)19-22-12-6-2-7-13-22/h1-15,24-25H,16-20H2. The maximum atomic E-state index is 6.29. The molecule has 1 aliphatic rings. The Labute approximate surface area is 162 Å². The van der Waals surface area contributed by atoms with E-state index in [9.17, 15) is 0 Å². The zero-order chi connectivity index (χ0) is 18.3. The third kappa shape index (κ3) is 4.85. The fraction of sp³-hybridized carbons (Fsp3) is 0.280. The molecule has 4 rings (SSSR count). The van der Waals surface area contributed by atoms with Gasteiger partial charge in [0.2, 0.25) is 0 Å². The van der Waals surface area contributed by atoms with E-state index in [4.69, 9.17) is 4.74 Å². The number of hydrogen-bond donors (Lipinski definition) is 0. The lowest BCUT2D eigenvalue weighted by molar-refractivity contribution is -0.0444. The quantitative estimate of drug-likeness (QED) is 0.621. The third-order valence-electron chi connectivity index (χ3n) is 5.40. The first-order chi connectivity index (χ1) is 13.4. The van der Waals surface area contributed by atoms with E-state index in [1.807, 2.05) is 0 Å². The number of morpholine rings is 1. The van der Waals surface area contributed by atoms with Gasteiger partial charge in [-0.15, -0.1) is 0 Å². The van der Waals surface area contributed by atoms with Gasteiger partial charge in [0.05, 0.1) is 12.7 Å². The van der Waals surface area contributed by atoms with Crippen molar-refractivity contribution in [2.75, 3.05) is 19.7 Å². The van der Waals surface area contributed by atoms with Gasteiger partial charge in [-0.3, -0.25) is 4.90 Å². The van der Waals surface area contributed by atoms with Crippen LogP contribution < -0.4 is 0 Å². The molecule has 3 aromatic rings. The monoisotopic (exact) mass is 357 g/mol. The van der Waals surface area contributed by atoms with Crippen molar-refractivity contribution in [3.8, 4) is 0 Å². The third-order valence-corrected chi connectivity index (χ3v) is 5.40. The van der Waals surface area contributed by atoms with Crippen molar-refractivity contribution in [1.29, 1.82) is 0 Å². The van der Waals surface area contributed by atoms with E-state index in [1.165, 1.54) is 16.7 Å². The number of rotatable bonds is 6. The van der Waals surface area contributed by atoms with E-state index in [0.717, 1.165) is 32.7 Å². The molecule has 1 fully saturated rings. The highest BCUT2D eigenvalue weighted by Crippen LogP contribution is 2.29. The molecule has 0 bridgehead atoms. The first-order valence-corrected chi connectivity index (χ1v) is 9.85. The summed E-state index contributed by atoms with van der Waals surface area (Å²) in [6, 6.07) is 32.4. The Morgan fingerprint density at radius 2 is 1.37 bits per heavy atom. The fourth-order valence-electron chi connectivity index (χ4n) is 3.99. The second kappa shape index (κ2) is 8.98. The Bertz CT molecular complexity index is 804. The van der Waals surface area contributed by atoms with Crippen LogP contribution in [0.15, 0.2) is 91.0 Å². The van der Waals surface area contributed by atoms with E-state index in [1.54, 1.807) is 0 Å². The molecule has 0 N–H and O–H groups in total. The van der Waals surface area contributed by atoms with Gasteiger partial charge in [0, 0.05) is 25.6 Å². The average molecular weight is 357 g/mol. The predicted octanol–water partition coefficient (Wildman–Crippen LogP) is 4.91. The van der Waals surface area contributed by atoms with Gasteiger partial charge in [0.1, 0.15) is 0 Å². The van der Waals surface area contributed by atoms with Crippen molar-refractivity contribution < 1.29 is 4.74 Å². The Kier molecular flexibility index (Phi) is 5.98.